The lowest BCUT2D eigenvalue weighted by molar-refractivity contribution is -0.162. The number of nitrogens with zero attached hydrogens (tertiary/aromatic N) is 3. The summed E-state index contributed by atoms with van der Waals surface area (Å²) in [5, 5.41) is 9.78. The number of halogens is 1. The number of rotatable bonds is 1. The largest absolute Gasteiger partial charge is 0.391 e. The van der Waals surface area contributed by atoms with Crippen LogP contribution < -0.4 is 0 Å². The van der Waals surface area contributed by atoms with Crippen molar-refractivity contribution in [1.29, 1.82) is 0 Å². The highest BCUT2D eigenvalue weighted by Crippen LogP contribution is 2.29. The van der Waals surface area contributed by atoms with Crippen LogP contribution in [0.25, 0.3) is 0 Å². The molecule has 0 radical (unpaired) electrons. The van der Waals surface area contributed by atoms with E-state index >= 15 is 0 Å². The Kier molecular flexibility index (Phi) is 3.72. The van der Waals surface area contributed by atoms with Crippen molar-refractivity contribution < 1.29 is 23.9 Å². The quantitative estimate of drug-likeness (QED) is 0.739. The van der Waals surface area contributed by atoms with Crippen LogP contribution >= 0.6 is 0 Å². The standard InChI is InChI=1S/C17H18FN3O4/c18-11-3-1-10(2-4-11)15(23)19-5-6-20-14(9-19)17(25)21-8-12(22)7-13(21)16(20)24/h1-4,12-14,22H,5-9H2/t12-,13+,14-/m1/s1. The van der Waals surface area contributed by atoms with Crippen LogP contribution in [0.2, 0.25) is 0 Å². The third-order valence-electron chi connectivity index (χ3n) is 5.17. The van der Waals surface area contributed by atoms with Gasteiger partial charge in [-0.2, -0.15) is 0 Å². The van der Waals surface area contributed by atoms with Gasteiger partial charge in [0.2, 0.25) is 11.8 Å². The van der Waals surface area contributed by atoms with Gasteiger partial charge in [-0.05, 0) is 24.3 Å². The van der Waals surface area contributed by atoms with Crippen LogP contribution in [0.4, 0.5) is 4.39 Å². The van der Waals surface area contributed by atoms with Crippen LogP contribution in [0.3, 0.4) is 0 Å². The van der Waals surface area contributed by atoms with E-state index in [9.17, 15) is 23.9 Å². The summed E-state index contributed by atoms with van der Waals surface area (Å²) in [5.41, 5.74) is 0.346. The highest BCUT2D eigenvalue weighted by Gasteiger charge is 2.51. The lowest BCUT2D eigenvalue weighted by Gasteiger charge is -2.47. The van der Waals surface area contributed by atoms with Crippen LogP contribution in [0, 0.1) is 5.82 Å². The van der Waals surface area contributed by atoms with Gasteiger partial charge in [0, 0.05) is 31.6 Å². The molecule has 8 heteroatoms. The van der Waals surface area contributed by atoms with Crippen molar-refractivity contribution in [3.63, 3.8) is 0 Å². The first-order valence-corrected chi connectivity index (χ1v) is 8.29. The smallest absolute Gasteiger partial charge is 0.254 e. The average molecular weight is 347 g/mol. The first-order chi connectivity index (χ1) is 12.0. The zero-order valence-corrected chi connectivity index (χ0v) is 13.5. The lowest BCUT2D eigenvalue weighted by Crippen LogP contribution is -2.69. The molecule has 1 aromatic rings. The van der Waals surface area contributed by atoms with E-state index in [0.717, 1.165) is 0 Å². The number of aliphatic hydroxyl groups excluding tert-OH is 1. The third kappa shape index (κ3) is 2.57. The molecule has 0 aliphatic carbocycles. The highest BCUT2D eigenvalue weighted by atomic mass is 19.1. The summed E-state index contributed by atoms with van der Waals surface area (Å²) in [5.74, 6) is -1.09. The Morgan fingerprint density at radius 3 is 2.40 bits per heavy atom. The molecule has 1 N–H and O–H groups in total. The maximum absolute atomic E-state index is 13.0. The van der Waals surface area contributed by atoms with Crippen LogP contribution in [-0.2, 0) is 9.59 Å². The predicted molar refractivity (Wildman–Crippen MR) is 83.9 cm³/mol. The van der Waals surface area contributed by atoms with Gasteiger partial charge in [-0.3, -0.25) is 14.4 Å². The molecule has 3 aliphatic rings. The summed E-state index contributed by atoms with van der Waals surface area (Å²) < 4.78 is 13.0. The van der Waals surface area contributed by atoms with Gasteiger partial charge in [-0.25, -0.2) is 4.39 Å². The van der Waals surface area contributed by atoms with Gasteiger partial charge >= 0.3 is 0 Å². The van der Waals surface area contributed by atoms with Crippen LogP contribution in [0.15, 0.2) is 24.3 Å². The minimum atomic E-state index is -0.716. The third-order valence-corrected chi connectivity index (χ3v) is 5.17. The fourth-order valence-corrected chi connectivity index (χ4v) is 3.89. The second-order valence-corrected chi connectivity index (χ2v) is 6.70. The lowest BCUT2D eigenvalue weighted by atomic mass is 10.0. The van der Waals surface area contributed by atoms with Crippen molar-refractivity contribution in [1.82, 2.24) is 14.7 Å². The predicted octanol–water partition coefficient (Wildman–Crippen LogP) is -0.546. The number of carbonyl (C=O) groups excluding carboxylic acids is 3. The zero-order valence-electron chi connectivity index (χ0n) is 13.5. The van der Waals surface area contributed by atoms with Gasteiger partial charge in [0.1, 0.15) is 17.9 Å². The Morgan fingerprint density at radius 2 is 1.68 bits per heavy atom. The molecule has 0 saturated carbocycles. The van der Waals surface area contributed by atoms with Crippen molar-refractivity contribution in [3.05, 3.63) is 35.6 Å². The number of amides is 3. The SMILES string of the molecule is O=C(c1ccc(F)cc1)N1CCN2C(=O)[C@@H]3C[C@@H](O)CN3C(=O)[C@H]2C1. The van der Waals surface area contributed by atoms with Gasteiger partial charge in [0.25, 0.3) is 5.91 Å². The second-order valence-electron chi connectivity index (χ2n) is 6.70. The van der Waals surface area contributed by atoms with Crippen LogP contribution in [-0.4, -0.2) is 81.9 Å². The Labute approximate surface area is 143 Å². The molecule has 3 atom stereocenters. The Morgan fingerprint density at radius 1 is 1.00 bits per heavy atom. The molecular formula is C17H18FN3O4. The Balaban J connectivity index is 1.54. The molecule has 25 heavy (non-hydrogen) atoms. The van der Waals surface area contributed by atoms with Gasteiger partial charge in [0.05, 0.1) is 12.6 Å². The molecule has 3 fully saturated rings. The zero-order chi connectivity index (χ0) is 17.7. The monoisotopic (exact) mass is 347 g/mol. The first-order valence-electron chi connectivity index (χ1n) is 8.29. The summed E-state index contributed by atoms with van der Waals surface area (Å²) in [6.07, 6.45) is -0.414. The average Bonchev–Trinajstić information content (AvgIpc) is 3.01. The molecule has 7 nitrogen and oxygen atoms in total. The number of carbonyl (C=O) groups is 3. The van der Waals surface area contributed by atoms with Crippen molar-refractivity contribution >= 4 is 17.7 Å². The summed E-state index contributed by atoms with van der Waals surface area (Å²) in [6, 6.07) is 3.95. The maximum atomic E-state index is 13.0. The van der Waals surface area contributed by atoms with E-state index in [0.29, 0.717) is 12.1 Å². The summed E-state index contributed by atoms with van der Waals surface area (Å²) in [4.78, 5) is 42.4. The van der Waals surface area contributed by atoms with E-state index in [2.05, 4.69) is 0 Å². The van der Waals surface area contributed by atoms with Crippen molar-refractivity contribution in [2.45, 2.75) is 24.6 Å². The molecule has 4 rings (SSSR count). The Bertz CT molecular complexity index is 738. The van der Waals surface area contributed by atoms with E-state index in [4.69, 9.17) is 0 Å². The molecule has 0 aromatic heterocycles. The number of aliphatic hydroxyl groups is 1. The van der Waals surface area contributed by atoms with E-state index in [1.165, 1.54) is 39.0 Å². The fraction of sp³-hybridized carbons (Fsp3) is 0.471. The van der Waals surface area contributed by atoms with Gasteiger partial charge in [-0.1, -0.05) is 0 Å². The highest BCUT2D eigenvalue weighted by molar-refractivity contribution is 5.99. The minimum Gasteiger partial charge on any atom is -0.391 e. The van der Waals surface area contributed by atoms with E-state index in [1.54, 1.807) is 0 Å². The molecule has 3 amide bonds. The van der Waals surface area contributed by atoms with Gasteiger partial charge in [0.15, 0.2) is 0 Å². The molecule has 3 aliphatic heterocycles. The molecule has 1 aromatic carbocycles. The van der Waals surface area contributed by atoms with Gasteiger partial charge < -0.3 is 19.8 Å². The topological polar surface area (TPSA) is 81.2 Å². The molecule has 3 saturated heterocycles. The summed E-state index contributed by atoms with van der Waals surface area (Å²) in [7, 11) is 0. The normalized spacial score (nSPS) is 28.9. The first kappa shape index (κ1) is 16.0. The van der Waals surface area contributed by atoms with E-state index < -0.39 is 24.0 Å². The maximum Gasteiger partial charge on any atom is 0.254 e. The molecule has 0 spiro atoms. The van der Waals surface area contributed by atoms with Crippen molar-refractivity contribution in [2.75, 3.05) is 26.2 Å². The number of hydrogen-bond donors (Lipinski definition) is 1. The van der Waals surface area contributed by atoms with Crippen LogP contribution in [0.5, 0.6) is 0 Å². The molecule has 0 unspecified atom stereocenters. The van der Waals surface area contributed by atoms with Crippen molar-refractivity contribution in [2.24, 2.45) is 0 Å². The van der Waals surface area contributed by atoms with Gasteiger partial charge in [-0.15, -0.1) is 0 Å². The number of hydrogen-bond acceptors (Lipinski definition) is 4. The molecule has 0 bridgehead atoms. The molecule has 3 heterocycles. The van der Waals surface area contributed by atoms with E-state index in [1.807, 2.05) is 0 Å². The van der Waals surface area contributed by atoms with Crippen LogP contribution in [0.1, 0.15) is 16.8 Å². The second kappa shape index (κ2) is 5.80. The minimum absolute atomic E-state index is 0.111. The fourth-order valence-electron chi connectivity index (χ4n) is 3.89. The number of fused-ring (bicyclic) bond motifs is 2. The number of benzene rings is 1. The number of piperazine rings is 2. The molecular weight excluding hydrogens is 329 g/mol. The summed E-state index contributed by atoms with van der Waals surface area (Å²) in [6.45, 7) is 0.870. The van der Waals surface area contributed by atoms with Crippen molar-refractivity contribution in [3.8, 4) is 0 Å². The Hall–Kier alpha value is -2.48. The molecule has 132 valence electrons. The summed E-state index contributed by atoms with van der Waals surface area (Å²) >= 11 is 0. The van der Waals surface area contributed by atoms with E-state index in [-0.39, 0.29) is 43.8 Å².